The molecule has 0 bridgehead atoms. The highest BCUT2D eigenvalue weighted by Gasteiger charge is 2.34. The molecular formula is C11H10F3N3O2. The fraction of sp³-hybridized carbons (Fsp3) is 0.364. The van der Waals surface area contributed by atoms with Crippen molar-refractivity contribution >= 4 is 11.4 Å². The first-order valence-electron chi connectivity index (χ1n) is 5.23. The van der Waals surface area contributed by atoms with Crippen molar-refractivity contribution in [1.29, 1.82) is 0 Å². The van der Waals surface area contributed by atoms with Crippen molar-refractivity contribution in [2.24, 2.45) is 0 Å². The van der Waals surface area contributed by atoms with Gasteiger partial charge in [-0.05, 0) is 12.5 Å². The van der Waals surface area contributed by atoms with Crippen LogP contribution in [0.2, 0.25) is 0 Å². The molecule has 0 fully saturated rings. The van der Waals surface area contributed by atoms with Crippen LogP contribution in [0.15, 0.2) is 12.3 Å². The number of nitrogens with zero attached hydrogens (tertiary/aromatic N) is 2. The van der Waals surface area contributed by atoms with Gasteiger partial charge in [0.15, 0.2) is 0 Å². The Bertz CT molecular complexity index is 523. The topological polar surface area (TPSA) is 68.1 Å². The van der Waals surface area contributed by atoms with Crippen molar-refractivity contribution in [3.8, 4) is 12.3 Å². The van der Waals surface area contributed by atoms with Crippen LogP contribution in [0.4, 0.5) is 24.5 Å². The number of nitro groups is 1. The van der Waals surface area contributed by atoms with E-state index in [9.17, 15) is 23.3 Å². The zero-order chi connectivity index (χ0) is 14.6. The second kappa shape index (κ2) is 5.56. The first kappa shape index (κ1) is 14.8. The maximum absolute atomic E-state index is 12.5. The van der Waals surface area contributed by atoms with E-state index in [0.717, 1.165) is 0 Å². The van der Waals surface area contributed by atoms with Crippen LogP contribution in [-0.4, -0.2) is 15.9 Å². The summed E-state index contributed by atoms with van der Waals surface area (Å²) in [4.78, 5) is 12.9. The SMILES string of the molecule is C#CC(CC)Nc1cc(C(F)(F)F)ncc1[N+](=O)[O-]. The number of hydrogen-bond donors (Lipinski definition) is 1. The molecule has 102 valence electrons. The molecule has 1 N–H and O–H groups in total. The largest absolute Gasteiger partial charge is 0.433 e. The Balaban J connectivity index is 3.24. The number of pyridine rings is 1. The predicted molar refractivity (Wildman–Crippen MR) is 62.4 cm³/mol. The van der Waals surface area contributed by atoms with Gasteiger partial charge in [0.1, 0.15) is 17.6 Å². The van der Waals surface area contributed by atoms with E-state index < -0.39 is 28.5 Å². The molecular weight excluding hydrogens is 263 g/mol. The molecule has 0 spiro atoms. The maximum Gasteiger partial charge on any atom is 0.433 e. The predicted octanol–water partition coefficient (Wildman–Crippen LogP) is 2.83. The Hall–Kier alpha value is -2.30. The average molecular weight is 273 g/mol. The van der Waals surface area contributed by atoms with Crippen molar-refractivity contribution in [3.63, 3.8) is 0 Å². The molecule has 1 aromatic rings. The van der Waals surface area contributed by atoms with E-state index in [-0.39, 0.29) is 5.69 Å². The van der Waals surface area contributed by atoms with Crippen LogP contribution in [0.5, 0.6) is 0 Å². The highest BCUT2D eigenvalue weighted by Crippen LogP contribution is 2.33. The Morgan fingerprint density at radius 3 is 2.68 bits per heavy atom. The third-order valence-corrected chi connectivity index (χ3v) is 2.31. The third-order valence-electron chi connectivity index (χ3n) is 2.31. The van der Waals surface area contributed by atoms with E-state index in [2.05, 4.69) is 16.2 Å². The number of terminal acetylenes is 1. The molecule has 0 aliphatic carbocycles. The maximum atomic E-state index is 12.5. The van der Waals surface area contributed by atoms with Crippen molar-refractivity contribution in [3.05, 3.63) is 28.1 Å². The fourth-order valence-corrected chi connectivity index (χ4v) is 1.31. The molecule has 1 aromatic heterocycles. The monoisotopic (exact) mass is 273 g/mol. The molecule has 0 saturated carbocycles. The molecule has 1 unspecified atom stereocenters. The van der Waals surface area contributed by atoms with Crippen molar-refractivity contribution in [1.82, 2.24) is 4.98 Å². The summed E-state index contributed by atoms with van der Waals surface area (Å²) in [7, 11) is 0. The number of anilines is 1. The molecule has 0 aliphatic heterocycles. The quantitative estimate of drug-likeness (QED) is 0.520. The number of nitrogens with one attached hydrogen (secondary N) is 1. The molecule has 1 rings (SSSR count). The summed E-state index contributed by atoms with van der Waals surface area (Å²) in [5.41, 5.74) is -2.06. The van der Waals surface area contributed by atoms with Gasteiger partial charge in [-0.15, -0.1) is 6.42 Å². The lowest BCUT2D eigenvalue weighted by Gasteiger charge is -2.14. The van der Waals surface area contributed by atoms with E-state index in [0.29, 0.717) is 18.7 Å². The highest BCUT2D eigenvalue weighted by atomic mass is 19.4. The van der Waals surface area contributed by atoms with Gasteiger partial charge in [0.05, 0.1) is 11.0 Å². The first-order valence-corrected chi connectivity index (χ1v) is 5.23. The summed E-state index contributed by atoms with van der Waals surface area (Å²) in [5.74, 6) is 2.29. The Morgan fingerprint density at radius 1 is 1.63 bits per heavy atom. The first-order chi connectivity index (χ1) is 8.79. The average Bonchev–Trinajstić information content (AvgIpc) is 2.34. The molecule has 1 atom stereocenters. The van der Waals surface area contributed by atoms with Crippen LogP contribution >= 0.6 is 0 Å². The van der Waals surface area contributed by atoms with Gasteiger partial charge < -0.3 is 5.32 Å². The lowest BCUT2D eigenvalue weighted by molar-refractivity contribution is -0.384. The summed E-state index contributed by atoms with van der Waals surface area (Å²) in [5, 5.41) is 13.3. The van der Waals surface area contributed by atoms with Crippen LogP contribution in [-0.2, 0) is 6.18 Å². The lowest BCUT2D eigenvalue weighted by atomic mass is 10.2. The lowest BCUT2D eigenvalue weighted by Crippen LogP contribution is -2.18. The standard InChI is InChI=1S/C11H10F3N3O2/c1-3-7(4-2)16-8-5-10(11(12,13)14)15-6-9(8)17(18)19/h1,5-7H,4H2,2H3,(H,15,16). The van der Waals surface area contributed by atoms with Gasteiger partial charge in [-0.3, -0.25) is 10.1 Å². The van der Waals surface area contributed by atoms with E-state index in [1.165, 1.54) is 0 Å². The van der Waals surface area contributed by atoms with Crippen LogP contribution in [0.3, 0.4) is 0 Å². The zero-order valence-corrected chi connectivity index (χ0v) is 9.86. The molecule has 19 heavy (non-hydrogen) atoms. The number of aromatic nitrogens is 1. The zero-order valence-electron chi connectivity index (χ0n) is 9.86. The second-order valence-corrected chi connectivity index (χ2v) is 3.61. The Kier molecular flexibility index (Phi) is 4.32. The Morgan fingerprint density at radius 2 is 2.26 bits per heavy atom. The number of halogens is 3. The minimum atomic E-state index is -4.68. The highest BCUT2D eigenvalue weighted by molar-refractivity contribution is 5.62. The van der Waals surface area contributed by atoms with Crippen LogP contribution in [0, 0.1) is 22.5 Å². The molecule has 5 nitrogen and oxygen atoms in total. The van der Waals surface area contributed by atoms with Crippen molar-refractivity contribution in [2.45, 2.75) is 25.6 Å². The van der Waals surface area contributed by atoms with Crippen molar-refractivity contribution < 1.29 is 18.1 Å². The second-order valence-electron chi connectivity index (χ2n) is 3.61. The molecule has 0 radical (unpaired) electrons. The van der Waals surface area contributed by atoms with E-state index in [1.54, 1.807) is 6.92 Å². The molecule has 8 heteroatoms. The number of rotatable bonds is 4. The fourth-order valence-electron chi connectivity index (χ4n) is 1.31. The van der Waals surface area contributed by atoms with Gasteiger partial charge in [-0.2, -0.15) is 13.2 Å². The summed E-state index contributed by atoms with van der Waals surface area (Å²) in [6.45, 7) is 1.70. The number of hydrogen-bond acceptors (Lipinski definition) is 4. The van der Waals surface area contributed by atoms with Gasteiger partial charge in [0.2, 0.25) is 0 Å². The van der Waals surface area contributed by atoms with Gasteiger partial charge in [0, 0.05) is 0 Å². The van der Waals surface area contributed by atoms with Crippen LogP contribution in [0.25, 0.3) is 0 Å². The van der Waals surface area contributed by atoms with E-state index >= 15 is 0 Å². The molecule has 1 heterocycles. The molecule has 0 amide bonds. The molecule has 0 saturated heterocycles. The normalized spacial score (nSPS) is 12.6. The third kappa shape index (κ3) is 3.58. The van der Waals surface area contributed by atoms with Crippen LogP contribution in [0.1, 0.15) is 19.0 Å². The minimum Gasteiger partial charge on any atom is -0.366 e. The van der Waals surface area contributed by atoms with Gasteiger partial charge in [-0.25, -0.2) is 4.98 Å². The Labute approximate surface area is 107 Å². The number of alkyl halides is 3. The van der Waals surface area contributed by atoms with Gasteiger partial charge in [0.25, 0.3) is 0 Å². The molecule has 0 aliphatic rings. The van der Waals surface area contributed by atoms with Gasteiger partial charge >= 0.3 is 11.9 Å². The summed E-state index contributed by atoms with van der Waals surface area (Å²) >= 11 is 0. The summed E-state index contributed by atoms with van der Waals surface area (Å²) in [6, 6.07) is -0.0137. The molecule has 0 aromatic carbocycles. The van der Waals surface area contributed by atoms with E-state index in [4.69, 9.17) is 6.42 Å². The van der Waals surface area contributed by atoms with Crippen molar-refractivity contribution in [2.75, 3.05) is 5.32 Å². The minimum absolute atomic E-state index is 0.294. The van der Waals surface area contributed by atoms with E-state index in [1.807, 2.05) is 0 Å². The summed E-state index contributed by atoms with van der Waals surface area (Å²) in [6.07, 6.45) is 1.46. The summed E-state index contributed by atoms with van der Waals surface area (Å²) < 4.78 is 37.5. The van der Waals surface area contributed by atoms with Gasteiger partial charge in [-0.1, -0.05) is 12.8 Å². The smallest absolute Gasteiger partial charge is 0.366 e. The van der Waals surface area contributed by atoms with Crippen LogP contribution < -0.4 is 5.32 Å².